The first kappa shape index (κ1) is 13.1. The monoisotopic (exact) mass is 347 g/mol. The normalized spacial score (nSPS) is 10.4. The number of benzene rings is 1. The molecule has 0 radical (unpaired) electrons. The van der Waals surface area contributed by atoms with Crippen LogP contribution in [0.15, 0.2) is 58.6 Å². The van der Waals surface area contributed by atoms with Gasteiger partial charge in [-0.3, -0.25) is 4.79 Å². The van der Waals surface area contributed by atoms with Crippen LogP contribution in [0.1, 0.15) is 9.67 Å². The Balaban J connectivity index is 1.83. The number of thiophene rings is 1. The number of nitrogens with zero attached hydrogens (tertiary/aromatic N) is 2. The summed E-state index contributed by atoms with van der Waals surface area (Å²) in [6.07, 6.45) is 3.57. The van der Waals surface area contributed by atoms with Gasteiger partial charge in [-0.2, -0.15) is 5.10 Å². The van der Waals surface area contributed by atoms with Gasteiger partial charge < -0.3 is 5.32 Å². The highest BCUT2D eigenvalue weighted by Gasteiger charge is 2.11. The molecule has 1 N–H and O–H groups in total. The van der Waals surface area contributed by atoms with Gasteiger partial charge in [-0.1, -0.05) is 6.07 Å². The quantitative estimate of drug-likeness (QED) is 0.779. The SMILES string of the molecule is O=C(Nc1cccc(-n2cccn2)c1)c1sccc1Br. The molecule has 0 saturated heterocycles. The molecule has 100 valence electrons. The second kappa shape index (κ2) is 5.60. The number of amides is 1. The maximum absolute atomic E-state index is 12.1. The molecule has 3 aromatic rings. The Morgan fingerprint density at radius 1 is 1.30 bits per heavy atom. The Labute approximate surface area is 128 Å². The van der Waals surface area contributed by atoms with Gasteiger partial charge in [0.25, 0.3) is 5.91 Å². The lowest BCUT2D eigenvalue weighted by Crippen LogP contribution is -2.11. The zero-order valence-corrected chi connectivity index (χ0v) is 12.7. The highest BCUT2D eigenvalue weighted by Crippen LogP contribution is 2.24. The van der Waals surface area contributed by atoms with Crippen molar-refractivity contribution in [3.8, 4) is 5.69 Å². The molecule has 0 bridgehead atoms. The van der Waals surface area contributed by atoms with E-state index in [1.807, 2.05) is 48.0 Å². The van der Waals surface area contributed by atoms with Gasteiger partial charge >= 0.3 is 0 Å². The van der Waals surface area contributed by atoms with Crippen LogP contribution in [0, 0.1) is 0 Å². The summed E-state index contributed by atoms with van der Waals surface area (Å²) in [6, 6.07) is 11.3. The number of carbonyl (C=O) groups excluding carboxylic acids is 1. The lowest BCUT2D eigenvalue weighted by Gasteiger charge is -2.07. The van der Waals surface area contributed by atoms with Gasteiger partial charge in [0, 0.05) is 22.6 Å². The van der Waals surface area contributed by atoms with E-state index in [1.165, 1.54) is 11.3 Å². The van der Waals surface area contributed by atoms with E-state index in [0.717, 1.165) is 15.8 Å². The number of aromatic nitrogens is 2. The zero-order valence-electron chi connectivity index (χ0n) is 10.3. The van der Waals surface area contributed by atoms with Crippen LogP contribution in [-0.2, 0) is 0 Å². The molecule has 0 aliphatic carbocycles. The summed E-state index contributed by atoms with van der Waals surface area (Å²) in [7, 11) is 0. The van der Waals surface area contributed by atoms with Crippen molar-refractivity contribution in [3.05, 3.63) is 63.5 Å². The summed E-state index contributed by atoms with van der Waals surface area (Å²) in [5.74, 6) is -0.121. The van der Waals surface area contributed by atoms with Crippen LogP contribution < -0.4 is 5.32 Å². The first-order chi connectivity index (χ1) is 9.74. The van der Waals surface area contributed by atoms with Crippen molar-refractivity contribution in [1.29, 1.82) is 0 Å². The summed E-state index contributed by atoms with van der Waals surface area (Å²) in [5, 5.41) is 8.93. The summed E-state index contributed by atoms with van der Waals surface area (Å²) >= 11 is 4.76. The number of carbonyl (C=O) groups is 1. The molecule has 1 aromatic carbocycles. The molecule has 0 aliphatic heterocycles. The van der Waals surface area contributed by atoms with Crippen molar-refractivity contribution in [2.24, 2.45) is 0 Å². The van der Waals surface area contributed by atoms with Crippen LogP contribution in [0.4, 0.5) is 5.69 Å². The molecule has 3 rings (SSSR count). The molecule has 6 heteroatoms. The van der Waals surface area contributed by atoms with Crippen LogP contribution in [0.2, 0.25) is 0 Å². The van der Waals surface area contributed by atoms with E-state index >= 15 is 0 Å². The number of anilines is 1. The van der Waals surface area contributed by atoms with Crippen molar-refractivity contribution >= 4 is 38.9 Å². The molecular formula is C14H10BrN3OS. The minimum absolute atomic E-state index is 0.121. The minimum atomic E-state index is -0.121. The van der Waals surface area contributed by atoms with Crippen molar-refractivity contribution in [3.63, 3.8) is 0 Å². The van der Waals surface area contributed by atoms with E-state index in [4.69, 9.17) is 0 Å². The number of halogens is 1. The van der Waals surface area contributed by atoms with Crippen molar-refractivity contribution in [2.75, 3.05) is 5.32 Å². The van der Waals surface area contributed by atoms with Crippen LogP contribution in [0.25, 0.3) is 5.69 Å². The summed E-state index contributed by atoms with van der Waals surface area (Å²) in [6.45, 7) is 0. The lowest BCUT2D eigenvalue weighted by molar-refractivity contribution is 0.103. The fraction of sp³-hybridized carbons (Fsp3) is 0. The topological polar surface area (TPSA) is 46.9 Å². The molecule has 2 aromatic heterocycles. The highest BCUT2D eigenvalue weighted by atomic mass is 79.9. The van der Waals surface area contributed by atoms with Crippen LogP contribution in [0.3, 0.4) is 0 Å². The summed E-state index contributed by atoms with van der Waals surface area (Å²) < 4.78 is 2.56. The van der Waals surface area contributed by atoms with E-state index < -0.39 is 0 Å². The van der Waals surface area contributed by atoms with E-state index in [0.29, 0.717) is 4.88 Å². The molecule has 20 heavy (non-hydrogen) atoms. The fourth-order valence-electron chi connectivity index (χ4n) is 1.79. The molecule has 0 atom stereocenters. The average molecular weight is 348 g/mol. The highest BCUT2D eigenvalue weighted by molar-refractivity contribution is 9.10. The van der Waals surface area contributed by atoms with Crippen molar-refractivity contribution in [2.45, 2.75) is 0 Å². The fourth-order valence-corrected chi connectivity index (χ4v) is 3.24. The first-order valence-electron chi connectivity index (χ1n) is 5.88. The van der Waals surface area contributed by atoms with E-state index in [2.05, 4.69) is 26.3 Å². The molecule has 4 nitrogen and oxygen atoms in total. The summed E-state index contributed by atoms with van der Waals surface area (Å²) in [4.78, 5) is 12.8. The van der Waals surface area contributed by atoms with Gasteiger partial charge in [-0.05, 0) is 51.6 Å². The van der Waals surface area contributed by atoms with Gasteiger partial charge in [0.2, 0.25) is 0 Å². The predicted octanol–water partition coefficient (Wildman–Crippen LogP) is 3.95. The van der Waals surface area contributed by atoms with E-state index in [9.17, 15) is 4.79 Å². The Bertz CT molecular complexity index is 736. The molecule has 0 spiro atoms. The molecule has 0 aliphatic rings. The maximum Gasteiger partial charge on any atom is 0.266 e. The molecule has 1 amide bonds. The molecular weight excluding hydrogens is 338 g/mol. The zero-order chi connectivity index (χ0) is 13.9. The largest absolute Gasteiger partial charge is 0.321 e. The van der Waals surface area contributed by atoms with Crippen LogP contribution in [0.5, 0.6) is 0 Å². The third-order valence-electron chi connectivity index (χ3n) is 2.70. The predicted molar refractivity (Wildman–Crippen MR) is 83.5 cm³/mol. The second-order valence-corrected chi connectivity index (χ2v) is 5.82. The first-order valence-corrected chi connectivity index (χ1v) is 7.56. The summed E-state index contributed by atoms with van der Waals surface area (Å²) in [5.41, 5.74) is 1.64. The number of hydrogen-bond acceptors (Lipinski definition) is 3. The number of hydrogen-bond donors (Lipinski definition) is 1. The third-order valence-corrected chi connectivity index (χ3v) is 4.53. The van der Waals surface area contributed by atoms with Gasteiger partial charge in [-0.15, -0.1) is 11.3 Å². The van der Waals surface area contributed by atoms with Crippen molar-refractivity contribution < 1.29 is 4.79 Å². The molecule has 0 unspecified atom stereocenters. The Morgan fingerprint density at radius 3 is 2.90 bits per heavy atom. The molecule has 0 fully saturated rings. The molecule has 2 heterocycles. The van der Waals surface area contributed by atoms with E-state index in [1.54, 1.807) is 10.9 Å². The Kier molecular flexibility index (Phi) is 3.66. The number of nitrogens with one attached hydrogen (secondary N) is 1. The lowest BCUT2D eigenvalue weighted by atomic mass is 10.2. The standard InChI is InChI=1S/C14H10BrN3OS/c15-12-5-8-20-13(12)14(19)17-10-3-1-4-11(9-10)18-7-2-6-16-18/h1-9H,(H,17,19). The minimum Gasteiger partial charge on any atom is -0.321 e. The van der Waals surface area contributed by atoms with E-state index in [-0.39, 0.29) is 5.91 Å². The van der Waals surface area contributed by atoms with Gasteiger partial charge in [0.15, 0.2) is 0 Å². The Morgan fingerprint density at radius 2 is 2.20 bits per heavy atom. The third kappa shape index (κ3) is 2.66. The van der Waals surface area contributed by atoms with Crippen molar-refractivity contribution in [1.82, 2.24) is 9.78 Å². The van der Waals surface area contributed by atoms with Crippen LogP contribution >= 0.6 is 27.3 Å². The number of rotatable bonds is 3. The molecule has 0 saturated carbocycles. The van der Waals surface area contributed by atoms with Gasteiger partial charge in [0.1, 0.15) is 4.88 Å². The second-order valence-electron chi connectivity index (χ2n) is 4.05. The van der Waals surface area contributed by atoms with Gasteiger partial charge in [-0.25, -0.2) is 4.68 Å². The maximum atomic E-state index is 12.1. The van der Waals surface area contributed by atoms with Crippen LogP contribution in [-0.4, -0.2) is 15.7 Å². The van der Waals surface area contributed by atoms with Gasteiger partial charge in [0.05, 0.1) is 5.69 Å². The smallest absolute Gasteiger partial charge is 0.266 e. The Hall–Kier alpha value is -1.92. The average Bonchev–Trinajstić information content (AvgIpc) is 3.09.